The Balaban J connectivity index is 2.89. The van der Waals surface area contributed by atoms with E-state index in [-0.39, 0.29) is 5.92 Å². The fraction of sp³-hybridized carbons (Fsp3) is 0.400. The van der Waals surface area contributed by atoms with Gasteiger partial charge in [0.05, 0.1) is 5.92 Å². The molecule has 0 saturated heterocycles. The average Bonchev–Trinajstić information content (AvgIpc) is 2.45. The molecular formula is C15H20N2O4. The highest BCUT2D eigenvalue weighted by Gasteiger charge is 2.27. The third kappa shape index (κ3) is 5.25. The van der Waals surface area contributed by atoms with Crippen LogP contribution in [0.3, 0.4) is 0 Å². The summed E-state index contributed by atoms with van der Waals surface area (Å²) in [6.45, 7) is 5.47. The summed E-state index contributed by atoms with van der Waals surface area (Å²) in [6, 6.07) is 7.94. The van der Waals surface area contributed by atoms with Gasteiger partial charge in [-0.3, -0.25) is 14.9 Å². The van der Waals surface area contributed by atoms with Crippen molar-refractivity contribution in [2.24, 2.45) is 5.92 Å². The molecule has 0 fully saturated rings. The van der Waals surface area contributed by atoms with E-state index in [1.54, 1.807) is 51.1 Å². The first-order valence-electron chi connectivity index (χ1n) is 6.79. The maximum atomic E-state index is 12.1. The number of carbonyl (C=O) groups is 3. The Morgan fingerprint density at radius 1 is 1.14 bits per heavy atom. The second-order valence-electron chi connectivity index (χ2n) is 4.73. The number of rotatable bonds is 5. The van der Waals surface area contributed by atoms with Gasteiger partial charge in [-0.25, -0.2) is 4.79 Å². The molecule has 1 aromatic rings. The number of hydrogen-bond donors (Lipinski definition) is 2. The Labute approximate surface area is 123 Å². The molecule has 21 heavy (non-hydrogen) atoms. The second-order valence-corrected chi connectivity index (χ2v) is 4.73. The van der Waals surface area contributed by atoms with Gasteiger partial charge >= 0.3 is 12.0 Å². The lowest BCUT2D eigenvalue weighted by molar-refractivity contribution is -0.159. The highest BCUT2D eigenvalue weighted by molar-refractivity contribution is 5.97. The van der Waals surface area contributed by atoms with E-state index in [2.05, 4.69) is 10.6 Å². The van der Waals surface area contributed by atoms with Crippen LogP contribution < -0.4 is 10.6 Å². The molecule has 2 N–H and O–H groups in total. The van der Waals surface area contributed by atoms with Crippen LogP contribution in [0.1, 0.15) is 32.4 Å². The van der Waals surface area contributed by atoms with Crippen LogP contribution in [-0.2, 0) is 14.3 Å². The molecule has 3 amide bonds. The molecule has 0 saturated carbocycles. The van der Waals surface area contributed by atoms with Crippen LogP contribution in [0.25, 0.3) is 0 Å². The molecule has 0 unspecified atom stereocenters. The second kappa shape index (κ2) is 8.04. The standard InChI is InChI=1S/C15H20N2O4/c1-4-16-15(20)17-13(18)12(21-14(19)10(2)3)11-8-6-5-7-9-11/h5-10,12H,4H2,1-3H3,(H2,16,17,18,20)/t12-/m1/s1. The number of benzene rings is 1. The number of imide groups is 1. The molecule has 0 spiro atoms. The summed E-state index contributed by atoms with van der Waals surface area (Å²) < 4.78 is 5.21. The molecule has 6 nitrogen and oxygen atoms in total. The van der Waals surface area contributed by atoms with Crippen LogP contribution in [0.15, 0.2) is 30.3 Å². The lowest BCUT2D eigenvalue weighted by Gasteiger charge is -2.18. The first kappa shape index (κ1) is 16.7. The van der Waals surface area contributed by atoms with Gasteiger partial charge in [0.1, 0.15) is 0 Å². The highest BCUT2D eigenvalue weighted by Crippen LogP contribution is 2.19. The van der Waals surface area contributed by atoms with Crippen molar-refractivity contribution >= 4 is 17.9 Å². The maximum Gasteiger partial charge on any atom is 0.321 e. The largest absolute Gasteiger partial charge is 0.447 e. The van der Waals surface area contributed by atoms with Crippen LogP contribution >= 0.6 is 0 Å². The first-order valence-corrected chi connectivity index (χ1v) is 6.79. The van der Waals surface area contributed by atoms with E-state index in [9.17, 15) is 14.4 Å². The Morgan fingerprint density at radius 2 is 1.76 bits per heavy atom. The van der Waals surface area contributed by atoms with Crippen molar-refractivity contribution < 1.29 is 19.1 Å². The SMILES string of the molecule is CCNC(=O)NC(=O)[C@H](OC(=O)C(C)C)c1ccccc1. The number of esters is 1. The van der Waals surface area contributed by atoms with E-state index in [1.807, 2.05) is 0 Å². The van der Waals surface area contributed by atoms with Crippen LogP contribution in [0.2, 0.25) is 0 Å². The highest BCUT2D eigenvalue weighted by atomic mass is 16.5. The molecule has 0 heterocycles. The van der Waals surface area contributed by atoms with Crippen molar-refractivity contribution in [3.8, 4) is 0 Å². The van der Waals surface area contributed by atoms with Crippen molar-refractivity contribution in [2.75, 3.05) is 6.54 Å². The Bertz CT molecular complexity index is 500. The topological polar surface area (TPSA) is 84.5 Å². The van der Waals surface area contributed by atoms with E-state index < -0.39 is 24.0 Å². The maximum absolute atomic E-state index is 12.1. The Morgan fingerprint density at radius 3 is 2.29 bits per heavy atom. The normalized spacial score (nSPS) is 11.6. The van der Waals surface area contributed by atoms with Gasteiger partial charge in [-0.15, -0.1) is 0 Å². The van der Waals surface area contributed by atoms with Gasteiger partial charge in [0.15, 0.2) is 0 Å². The van der Waals surface area contributed by atoms with E-state index >= 15 is 0 Å². The lowest BCUT2D eigenvalue weighted by atomic mass is 10.1. The van der Waals surface area contributed by atoms with Crippen LogP contribution in [0, 0.1) is 5.92 Å². The fourth-order valence-corrected chi connectivity index (χ4v) is 1.54. The summed E-state index contributed by atoms with van der Waals surface area (Å²) in [6.07, 6.45) is -1.15. The van der Waals surface area contributed by atoms with E-state index in [0.717, 1.165) is 0 Å². The van der Waals surface area contributed by atoms with Crippen LogP contribution in [0.4, 0.5) is 4.79 Å². The molecule has 1 atom stereocenters. The lowest BCUT2D eigenvalue weighted by Crippen LogP contribution is -2.42. The monoisotopic (exact) mass is 292 g/mol. The Kier molecular flexibility index (Phi) is 6.39. The number of nitrogens with one attached hydrogen (secondary N) is 2. The summed E-state index contributed by atoms with van der Waals surface area (Å²) in [5, 5.41) is 4.60. The molecule has 1 rings (SSSR count). The third-order valence-corrected chi connectivity index (χ3v) is 2.62. The molecule has 0 aliphatic heterocycles. The summed E-state index contributed by atoms with van der Waals surface area (Å²) in [5.41, 5.74) is 0.508. The zero-order valence-electron chi connectivity index (χ0n) is 12.4. The summed E-state index contributed by atoms with van der Waals surface area (Å²) in [5.74, 6) is -1.55. The van der Waals surface area contributed by atoms with Crippen molar-refractivity contribution in [2.45, 2.75) is 26.9 Å². The minimum Gasteiger partial charge on any atom is -0.447 e. The zero-order chi connectivity index (χ0) is 15.8. The predicted molar refractivity (Wildman–Crippen MR) is 77.3 cm³/mol. The summed E-state index contributed by atoms with van der Waals surface area (Å²) >= 11 is 0. The minimum atomic E-state index is -1.15. The van der Waals surface area contributed by atoms with Crippen molar-refractivity contribution in [3.05, 3.63) is 35.9 Å². The van der Waals surface area contributed by atoms with Crippen LogP contribution in [0.5, 0.6) is 0 Å². The Hall–Kier alpha value is -2.37. The fourth-order valence-electron chi connectivity index (χ4n) is 1.54. The third-order valence-electron chi connectivity index (χ3n) is 2.62. The van der Waals surface area contributed by atoms with E-state index in [1.165, 1.54) is 0 Å². The number of amides is 3. The van der Waals surface area contributed by atoms with Gasteiger partial charge in [-0.2, -0.15) is 0 Å². The van der Waals surface area contributed by atoms with Crippen molar-refractivity contribution in [1.82, 2.24) is 10.6 Å². The minimum absolute atomic E-state index is 0.367. The molecule has 114 valence electrons. The zero-order valence-corrected chi connectivity index (χ0v) is 12.4. The molecule has 0 aromatic heterocycles. The smallest absolute Gasteiger partial charge is 0.321 e. The summed E-state index contributed by atoms with van der Waals surface area (Å²) in [4.78, 5) is 35.3. The molecule has 0 aliphatic rings. The van der Waals surface area contributed by atoms with Crippen LogP contribution in [-0.4, -0.2) is 24.5 Å². The number of urea groups is 1. The quantitative estimate of drug-likeness (QED) is 0.810. The molecule has 6 heteroatoms. The van der Waals surface area contributed by atoms with E-state index in [0.29, 0.717) is 12.1 Å². The molecule has 0 radical (unpaired) electrons. The first-order chi connectivity index (χ1) is 9.95. The summed E-state index contributed by atoms with van der Waals surface area (Å²) in [7, 11) is 0. The number of carbonyl (C=O) groups excluding carboxylic acids is 3. The molecule has 0 bridgehead atoms. The van der Waals surface area contributed by atoms with Gasteiger partial charge < -0.3 is 10.1 Å². The van der Waals surface area contributed by atoms with Gasteiger partial charge in [-0.05, 0) is 6.92 Å². The number of hydrogen-bond acceptors (Lipinski definition) is 4. The molecule has 1 aromatic carbocycles. The van der Waals surface area contributed by atoms with Gasteiger partial charge in [-0.1, -0.05) is 44.2 Å². The van der Waals surface area contributed by atoms with Gasteiger partial charge in [0, 0.05) is 12.1 Å². The van der Waals surface area contributed by atoms with Gasteiger partial charge in [0.2, 0.25) is 6.10 Å². The predicted octanol–water partition coefficient (Wildman–Crippen LogP) is 1.77. The number of ether oxygens (including phenoxy) is 1. The molecule has 0 aliphatic carbocycles. The van der Waals surface area contributed by atoms with E-state index in [4.69, 9.17) is 4.74 Å². The van der Waals surface area contributed by atoms with Crippen molar-refractivity contribution in [1.29, 1.82) is 0 Å². The van der Waals surface area contributed by atoms with Gasteiger partial charge in [0.25, 0.3) is 5.91 Å². The van der Waals surface area contributed by atoms with Crippen molar-refractivity contribution in [3.63, 3.8) is 0 Å². The average molecular weight is 292 g/mol. The molecular weight excluding hydrogens is 272 g/mol.